The van der Waals surface area contributed by atoms with Gasteiger partial charge in [-0.1, -0.05) is 35.4 Å². The molecular formula is C18H15ClN2O. The van der Waals surface area contributed by atoms with Crippen LogP contribution in [-0.2, 0) is 0 Å². The molecule has 3 rings (SSSR count). The van der Waals surface area contributed by atoms with E-state index in [4.69, 9.17) is 11.6 Å². The third-order valence-corrected chi connectivity index (χ3v) is 3.67. The van der Waals surface area contributed by atoms with E-state index in [0.717, 1.165) is 22.4 Å². The predicted molar refractivity (Wildman–Crippen MR) is 90.4 cm³/mol. The Morgan fingerprint density at radius 1 is 1.09 bits per heavy atom. The second-order valence-corrected chi connectivity index (χ2v) is 5.53. The molecule has 3 aromatic rings. The molecule has 0 aliphatic carbocycles. The Labute approximate surface area is 133 Å². The van der Waals surface area contributed by atoms with E-state index in [1.165, 1.54) is 0 Å². The van der Waals surface area contributed by atoms with Gasteiger partial charge in [-0.15, -0.1) is 0 Å². The lowest BCUT2D eigenvalue weighted by Crippen LogP contribution is -2.13. The van der Waals surface area contributed by atoms with Crippen LogP contribution in [0.25, 0.3) is 11.1 Å². The molecule has 2 aromatic carbocycles. The Morgan fingerprint density at radius 2 is 1.86 bits per heavy atom. The zero-order valence-corrected chi connectivity index (χ0v) is 12.8. The summed E-state index contributed by atoms with van der Waals surface area (Å²) in [6, 6.07) is 17.1. The highest BCUT2D eigenvalue weighted by atomic mass is 35.5. The van der Waals surface area contributed by atoms with Gasteiger partial charge in [0.25, 0.3) is 5.91 Å². The van der Waals surface area contributed by atoms with E-state index < -0.39 is 0 Å². The Bertz CT molecular complexity index is 792. The van der Waals surface area contributed by atoms with Crippen LogP contribution in [0.5, 0.6) is 0 Å². The third kappa shape index (κ3) is 3.05. The number of aromatic nitrogens is 1. The summed E-state index contributed by atoms with van der Waals surface area (Å²) in [4.78, 5) is 15.1. The molecule has 1 aromatic heterocycles. The molecule has 110 valence electrons. The monoisotopic (exact) mass is 310 g/mol. The first-order valence-electron chi connectivity index (χ1n) is 6.95. The van der Waals surface area contributed by atoms with Gasteiger partial charge in [-0.3, -0.25) is 4.79 Å². The highest BCUT2D eigenvalue weighted by molar-refractivity contribution is 6.30. The zero-order valence-electron chi connectivity index (χ0n) is 12.1. The van der Waals surface area contributed by atoms with Crippen molar-refractivity contribution >= 4 is 23.2 Å². The van der Waals surface area contributed by atoms with Crippen molar-refractivity contribution in [1.29, 1.82) is 0 Å². The fourth-order valence-corrected chi connectivity index (χ4v) is 2.42. The van der Waals surface area contributed by atoms with Crippen LogP contribution >= 0.6 is 11.6 Å². The second-order valence-electron chi connectivity index (χ2n) is 5.09. The summed E-state index contributed by atoms with van der Waals surface area (Å²) in [5.41, 5.74) is 4.41. The molecule has 0 saturated carbocycles. The van der Waals surface area contributed by atoms with Gasteiger partial charge in [0.2, 0.25) is 0 Å². The average molecular weight is 311 g/mol. The van der Waals surface area contributed by atoms with Crippen LogP contribution in [0.1, 0.15) is 16.1 Å². The molecule has 1 heterocycles. The lowest BCUT2D eigenvalue weighted by Gasteiger charge is -2.12. The quantitative estimate of drug-likeness (QED) is 0.710. The number of hydrogen-bond donors (Lipinski definition) is 2. The van der Waals surface area contributed by atoms with Crippen molar-refractivity contribution in [3.05, 3.63) is 77.1 Å². The first kappa shape index (κ1) is 14.4. The first-order chi connectivity index (χ1) is 10.6. The molecule has 0 bridgehead atoms. The van der Waals surface area contributed by atoms with Gasteiger partial charge in [0, 0.05) is 22.5 Å². The molecule has 1 amide bonds. The first-order valence-corrected chi connectivity index (χ1v) is 7.32. The van der Waals surface area contributed by atoms with Gasteiger partial charge >= 0.3 is 0 Å². The second kappa shape index (κ2) is 6.08. The fourth-order valence-electron chi connectivity index (χ4n) is 2.30. The van der Waals surface area contributed by atoms with E-state index in [0.29, 0.717) is 10.7 Å². The Balaban J connectivity index is 1.97. The number of rotatable bonds is 3. The molecule has 0 aliphatic rings. The van der Waals surface area contributed by atoms with Crippen LogP contribution in [0.2, 0.25) is 5.02 Å². The number of aryl methyl sites for hydroxylation is 1. The lowest BCUT2D eigenvalue weighted by atomic mass is 10.0. The topological polar surface area (TPSA) is 44.9 Å². The van der Waals surface area contributed by atoms with Gasteiger partial charge in [-0.05, 0) is 48.9 Å². The molecular weight excluding hydrogens is 296 g/mol. The van der Waals surface area contributed by atoms with E-state index in [9.17, 15) is 4.79 Å². The summed E-state index contributed by atoms with van der Waals surface area (Å²) in [5.74, 6) is -0.163. The standard InChI is InChI=1S/C18H15ClN2O/c1-12-4-9-16(21-18(22)17-3-2-10-20-17)15(11-12)13-5-7-14(19)8-6-13/h2-11,20H,1H3,(H,21,22). The van der Waals surface area contributed by atoms with Gasteiger partial charge in [0.15, 0.2) is 0 Å². The molecule has 0 atom stereocenters. The van der Waals surface area contributed by atoms with Crippen molar-refractivity contribution in [3.8, 4) is 11.1 Å². The van der Waals surface area contributed by atoms with E-state index >= 15 is 0 Å². The van der Waals surface area contributed by atoms with Crippen molar-refractivity contribution in [2.24, 2.45) is 0 Å². The Morgan fingerprint density at radius 3 is 2.55 bits per heavy atom. The summed E-state index contributed by atoms with van der Waals surface area (Å²) >= 11 is 5.95. The predicted octanol–water partition coefficient (Wildman–Crippen LogP) is 4.90. The number of amides is 1. The van der Waals surface area contributed by atoms with E-state index in [1.807, 2.05) is 49.4 Å². The fraction of sp³-hybridized carbons (Fsp3) is 0.0556. The molecule has 2 N–H and O–H groups in total. The molecule has 0 unspecified atom stereocenters. The summed E-state index contributed by atoms with van der Waals surface area (Å²) in [5, 5.41) is 3.64. The van der Waals surface area contributed by atoms with Gasteiger partial charge in [0.05, 0.1) is 0 Å². The van der Waals surface area contributed by atoms with Crippen LogP contribution in [0.3, 0.4) is 0 Å². The largest absolute Gasteiger partial charge is 0.357 e. The number of carbonyl (C=O) groups is 1. The number of halogens is 1. The van der Waals surface area contributed by atoms with Crippen molar-refractivity contribution in [2.75, 3.05) is 5.32 Å². The number of benzene rings is 2. The maximum absolute atomic E-state index is 12.2. The smallest absolute Gasteiger partial charge is 0.272 e. The van der Waals surface area contributed by atoms with E-state index in [-0.39, 0.29) is 5.91 Å². The third-order valence-electron chi connectivity index (χ3n) is 3.42. The molecule has 22 heavy (non-hydrogen) atoms. The average Bonchev–Trinajstić information content (AvgIpc) is 3.04. The SMILES string of the molecule is Cc1ccc(NC(=O)c2ccc[nH]2)c(-c2ccc(Cl)cc2)c1. The number of hydrogen-bond acceptors (Lipinski definition) is 1. The number of aromatic amines is 1. The lowest BCUT2D eigenvalue weighted by molar-refractivity contribution is 0.102. The maximum atomic E-state index is 12.2. The molecule has 0 spiro atoms. The van der Waals surface area contributed by atoms with Gasteiger partial charge in [-0.25, -0.2) is 0 Å². The molecule has 4 heteroatoms. The molecule has 0 saturated heterocycles. The Hall–Kier alpha value is -2.52. The van der Waals surface area contributed by atoms with Crippen LogP contribution in [0, 0.1) is 6.92 Å². The van der Waals surface area contributed by atoms with Crippen LogP contribution in [0.15, 0.2) is 60.8 Å². The highest BCUT2D eigenvalue weighted by Gasteiger charge is 2.11. The summed E-state index contributed by atoms with van der Waals surface area (Å²) < 4.78 is 0. The van der Waals surface area contributed by atoms with Crippen molar-refractivity contribution in [2.45, 2.75) is 6.92 Å². The van der Waals surface area contributed by atoms with Crippen LogP contribution in [0.4, 0.5) is 5.69 Å². The van der Waals surface area contributed by atoms with Crippen LogP contribution < -0.4 is 5.32 Å². The van der Waals surface area contributed by atoms with Gasteiger partial charge < -0.3 is 10.3 Å². The minimum absolute atomic E-state index is 0.163. The summed E-state index contributed by atoms with van der Waals surface area (Å²) in [6.45, 7) is 2.02. The minimum atomic E-state index is -0.163. The Kier molecular flexibility index (Phi) is 3.98. The molecule has 0 radical (unpaired) electrons. The normalized spacial score (nSPS) is 10.5. The number of anilines is 1. The number of carbonyl (C=O) groups excluding carboxylic acids is 1. The summed E-state index contributed by atoms with van der Waals surface area (Å²) in [7, 11) is 0. The van der Waals surface area contributed by atoms with Crippen LogP contribution in [-0.4, -0.2) is 10.9 Å². The highest BCUT2D eigenvalue weighted by Crippen LogP contribution is 2.30. The zero-order chi connectivity index (χ0) is 15.5. The molecule has 0 fully saturated rings. The van der Waals surface area contributed by atoms with Gasteiger partial charge in [0.1, 0.15) is 5.69 Å². The van der Waals surface area contributed by atoms with Crippen molar-refractivity contribution < 1.29 is 4.79 Å². The molecule has 0 aliphatic heterocycles. The van der Waals surface area contributed by atoms with Crippen molar-refractivity contribution in [3.63, 3.8) is 0 Å². The van der Waals surface area contributed by atoms with E-state index in [1.54, 1.807) is 18.3 Å². The van der Waals surface area contributed by atoms with E-state index in [2.05, 4.69) is 10.3 Å². The maximum Gasteiger partial charge on any atom is 0.272 e. The van der Waals surface area contributed by atoms with Gasteiger partial charge in [-0.2, -0.15) is 0 Å². The number of nitrogens with one attached hydrogen (secondary N) is 2. The minimum Gasteiger partial charge on any atom is -0.357 e. The number of H-pyrrole nitrogens is 1. The summed E-state index contributed by atoms with van der Waals surface area (Å²) in [6.07, 6.45) is 1.73. The molecule has 3 nitrogen and oxygen atoms in total. The van der Waals surface area contributed by atoms with Crippen molar-refractivity contribution in [1.82, 2.24) is 4.98 Å².